The first-order valence-corrected chi connectivity index (χ1v) is 11.0. The zero-order chi connectivity index (χ0) is 22.4. The van der Waals surface area contributed by atoms with Crippen molar-refractivity contribution in [3.05, 3.63) is 83.4 Å². The normalized spacial score (nSPS) is 13.5. The Morgan fingerprint density at radius 2 is 1.82 bits per heavy atom. The van der Waals surface area contributed by atoms with Gasteiger partial charge < -0.3 is 9.84 Å². The van der Waals surface area contributed by atoms with Crippen LogP contribution in [-0.2, 0) is 6.54 Å². The first-order chi connectivity index (χ1) is 16.2. The Hall–Kier alpha value is -4.13. The number of para-hydroxylation sites is 1. The van der Waals surface area contributed by atoms with Gasteiger partial charge in [0.1, 0.15) is 11.5 Å². The SMILES string of the molecule is Cc1nc(CNC(=O)c2cc(C3CC3)nc3onc(-c4ccccc4)c23)nc2ccccc12. The second-order valence-corrected chi connectivity index (χ2v) is 8.37. The third-order valence-corrected chi connectivity index (χ3v) is 6.00. The Kier molecular flexibility index (Phi) is 4.61. The van der Waals surface area contributed by atoms with E-state index in [0.717, 1.165) is 40.7 Å². The van der Waals surface area contributed by atoms with E-state index in [4.69, 9.17) is 4.52 Å². The summed E-state index contributed by atoms with van der Waals surface area (Å²) in [7, 11) is 0. The van der Waals surface area contributed by atoms with Gasteiger partial charge in [0.15, 0.2) is 0 Å². The Labute approximate surface area is 189 Å². The zero-order valence-electron chi connectivity index (χ0n) is 18.1. The molecule has 3 heterocycles. The van der Waals surface area contributed by atoms with Gasteiger partial charge >= 0.3 is 0 Å². The molecule has 33 heavy (non-hydrogen) atoms. The van der Waals surface area contributed by atoms with Crippen LogP contribution in [0.2, 0.25) is 0 Å². The molecule has 0 aliphatic heterocycles. The number of amides is 1. The van der Waals surface area contributed by atoms with Gasteiger partial charge in [-0.05, 0) is 31.9 Å². The van der Waals surface area contributed by atoms with Crippen LogP contribution in [0.15, 0.2) is 65.2 Å². The maximum atomic E-state index is 13.4. The number of benzene rings is 2. The highest BCUT2D eigenvalue weighted by Crippen LogP contribution is 2.41. The molecule has 162 valence electrons. The van der Waals surface area contributed by atoms with Crippen molar-refractivity contribution in [2.75, 3.05) is 0 Å². The van der Waals surface area contributed by atoms with E-state index in [0.29, 0.717) is 34.1 Å². The summed E-state index contributed by atoms with van der Waals surface area (Å²) >= 11 is 0. The number of pyridine rings is 1. The van der Waals surface area contributed by atoms with Crippen molar-refractivity contribution in [3.8, 4) is 11.3 Å². The molecular weight excluding hydrogens is 414 g/mol. The summed E-state index contributed by atoms with van der Waals surface area (Å²) in [5.74, 6) is 0.720. The van der Waals surface area contributed by atoms with Crippen LogP contribution in [0.4, 0.5) is 0 Å². The van der Waals surface area contributed by atoms with Crippen molar-refractivity contribution in [3.63, 3.8) is 0 Å². The third kappa shape index (κ3) is 3.61. The lowest BCUT2D eigenvalue weighted by molar-refractivity contribution is 0.0951. The molecule has 0 spiro atoms. The summed E-state index contributed by atoms with van der Waals surface area (Å²) in [6.45, 7) is 2.17. The van der Waals surface area contributed by atoms with E-state index in [1.807, 2.05) is 67.6 Å². The first kappa shape index (κ1) is 19.5. The van der Waals surface area contributed by atoms with Gasteiger partial charge in [-0.25, -0.2) is 15.0 Å². The first-order valence-electron chi connectivity index (χ1n) is 11.0. The van der Waals surface area contributed by atoms with Crippen molar-refractivity contribution in [1.29, 1.82) is 0 Å². The van der Waals surface area contributed by atoms with Crippen LogP contribution in [0.1, 0.15) is 46.3 Å². The van der Waals surface area contributed by atoms with E-state index in [2.05, 4.69) is 25.4 Å². The van der Waals surface area contributed by atoms with E-state index in [1.54, 1.807) is 0 Å². The Morgan fingerprint density at radius 3 is 2.64 bits per heavy atom. The number of rotatable bonds is 5. The predicted molar refractivity (Wildman–Crippen MR) is 125 cm³/mol. The number of fused-ring (bicyclic) bond motifs is 2. The molecule has 1 aliphatic rings. The number of nitrogens with one attached hydrogen (secondary N) is 1. The molecule has 1 N–H and O–H groups in total. The monoisotopic (exact) mass is 435 g/mol. The quantitative estimate of drug-likeness (QED) is 0.420. The summed E-state index contributed by atoms with van der Waals surface area (Å²) in [5, 5.41) is 8.88. The van der Waals surface area contributed by atoms with Gasteiger partial charge in [-0.3, -0.25) is 4.79 Å². The average Bonchev–Trinajstić information content (AvgIpc) is 3.61. The van der Waals surface area contributed by atoms with Crippen molar-refractivity contribution in [2.24, 2.45) is 0 Å². The third-order valence-electron chi connectivity index (χ3n) is 6.00. The van der Waals surface area contributed by atoms with Crippen LogP contribution in [0, 0.1) is 6.92 Å². The number of carbonyl (C=O) groups excluding carboxylic acids is 1. The number of hydrogen-bond acceptors (Lipinski definition) is 6. The second kappa shape index (κ2) is 7.78. The maximum Gasteiger partial charge on any atom is 0.259 e. The number of hydrogen-bond donors (Lipinski definition) is 1. The van der Waals surface area contributed by atoms with E-state index in [-0.39, 0.29) is 12.5 Å². The molecule has 0 unspecified atom stereocenters. The largest absolute Gasteiger partial charge is 0.345 e. The highest BCUT2D eigenvalue weighted by molar-refractivity contribution is 6.09. The standard InChI is InChI=1S/C26H21N5O2/c1-15-18-9-5-6-10-20(18)29-22(28-15)14-27-25(32)19-13-21(16-11-12-16)30-26-23(19)24(31-33-26)17-7-3-2-4-8-17/h2-10,13,16H,11-12,14H2,1H3,(H,27,32). The summed E-state index contributed by atoms with van der Waals surface area (Å²) < 4.78 is 5.57. The lowest BCUT2D eigenvalue weighted by Crippen LogP contribution is -2.24. The molecule has 6 rings (SSSR count). The highest BCUT2D eigenvalue weighted by atomic mass is 16.5. The average molecular weight is 435 g/mol. The van der Waals surface area contributed by atoms with Gasteiger partial charge in [0.05, 0.1) is 23.0 Å². The Balaban J connectivity index is 1.37. The van der Waals surface area contributed by atoms with Gasteiger partial charge in [-0.1, -0.05) is 53.7 Å². The van der Waals surface area contributed by atoms with Gasteiger partial charge in [0.2, 0.25) is 0 Å². The Bertz CT molecular complexity index is 1510. The van der Waals surface area contributed by atoms with Crippen molar-refractivity contribution >= 4 is 27.9 Å². The molecular formula is C26H21N5O2. The van der Waals surface area contributed by atoms with E-state index >= 15 is 0 Å². The van der Waals surface area contributed by atoms with Crippen LogP contribution in [0.3, 0.4) is 0 Å². The number of aromatic nitrogens is 4. The minimum Gasteiger partial charge on any atom is -0.345 e. The van der Waals surface area contributed by atoms with Gasteiger partial charge in [0.25, 0.3) is 11.6 Å². The predicted octanol–water partition coefficient (Wildman–Crippen LogP) is 4.95. The van der Waals surface area contributed by atoms with E-state index in [1.165, 1.54) is 0 Å². The van der Waals surface area contributed by atoms with Gasteiger partial charge in [0, 0.05) is 28.3 Å². The molecule has 7 heteroatoms. The molecule has 0 radical (unpaired) electrons. The summed E-state index contributed by atoms with van der Waals surface area (Å²) in [6, 6.07) is 19.4. The summed E-state index contributed by atoms with van der Waals surface area (Å²) in [4.78, 5) is 27.2. The molecule has 0 saturated heterocycles. The Morgan fingerprint density at radius 1 is 1.03 bits per heavy atom. The number of aryl methyl sites for hydroxylation is 1. The van der Waals surface area contributed by atoms with E-state index < -0.39 is 0 Å². The highest BCUT2D eigenvalue weighted by Gasteiger charge is 2.29. The minimum absolute atomic E-state index is 0.221. The summed E-state index contributed by atoms with van der Waals surface area (Å²) in [5.41, 5.74) is 5.02. The fourth-order valence-electron chi connectivity index (χ4n) is 4.16. The van der Waals surface area contributed by atoms with Crippen molar-refractivity contribution < 1.29 is 9.32 Å². The van der Waals surface area contributed by atoms with Crippen LogP contribution in [0.25, 0.3) is 33.3 Å². The van der Waals surface area contributed by atoms with Gasteiger partial charge in [-0.15, -0.1) is 0 Å². The molecule has 7 nitrogen and oxygen atoms in total. The van der Waals surface area contributed by atoms with E-state index in [9.17, 15) is 4.79 Å². The molecule has 0 atom stereocenters. The van der Waals surface area contributed by atoms with Gasteiger partial charge in [-0.2, -0.15) is 0 Å². The molecule has 1 amide bonds. The molecule has 3 aromatic heterocycles. The maximum absolute atomic E-state index is 13.4. The lowest BCUT2D eigenvalue weighted by Gasteiger charge is -2.09. The zero-order valence-corrected chi connectivity index (χ0v) is 18.1. The molecule has 0 bridgehead atoms. The fourth-order valence-corrected chi connectivity index (χ4v) is 4.16. The minimum atomic E-state index is -0.223. The lowest BCUT2D eigenvalue weighted by atomic mass is 10.0. The number of carbonyl (C=O) groups is 1. The van der Waals surface area contributed by atoms with Crippen LogP contribution in [0.5, 0.6) is 0 Å². The summed E-state index contributed by atoms with van der Waals surface area (Å²) in [6.07, 6.45) is 2.15. The second-order valence-electron chi connectivity index (χ2n) is 8.37. The topological polar surface area (TPSA) is 93.8 Å². The fraction of sp³-hybridized carbons (Fsp3) is 0.192. The number of nitrogens with zero attached hydrogens (tertiary/aromatic N) is 4. The van der Waals surface area contributed by atoms with Crippen LogP contribution in [-0.4, -0.2) is 26.0 Å². The molecule has 1 aliphatic carbocycles. The van der Waals surface area contributed by atoms with Crippen LogP contribution < -0.4 is 5.32 Å². The molecule has 1 saturated carbocycles. The molecule has 1 fully saturated rings. The van der Waals surface area contributed by atoms with Crippen molar-refractivity contribution in [2.45, 2.75) is 32.2 Å². The van der Waals surface area contributed by atoms with Crippen molar-refractivity contribution in [1.82, 2.24) is 25.4 Å². The molecule has 5 aromatic rings. The van der Waals surface area contributed by atoms with Crippen LogP contribution >= 0.6 is 0 Å². The molecule has 2 aromatic carbocycles. The smallest absolute Gasteiger partial charge is 0.259 e.